The van der Waals surface area contributed by atoms with Crippen LogP contribution in [0.5, 0.6) is 0 Å². The molecule has 0 unspecified atom stereocenters. The van der Waals surface area contributed by atoms with Crippen molar-refractivity contribution >= 4 is 5.91 Å². The summed E-state index contributed by atoms with van der Waals surface area (Å²) in [6.07, 6.45) is 2.56. The number of carbonyl (C=O) groups excluding carboxylic acids is 1. The highest BCUT2D eigenvalue weighted by Gasteiger charge is 2.20. The zero-order chi connectivity index (χ0) is 11.3. The largest absolute Gasteiger partial charge is 0.342 e. The van der Waals surface area contributed by atoms with Crippen LogP contribution in [0.1, 0.15) is 33.6 Å². The SMILES string of the molecule is CCN(CC)C(=O)CN1CCC[C@H](C)C1. The van der Waals surface area contributed by atoms with Gasteiger partial charge in [-0.3, -0.25) is 9.69 Å². The van der Waals surface area contributed by atoms with Gasteiger partial charge in [-0.15, -0.1) is 0 Å². The van der Waals surface area contributed by atoms with E-state index in [9.17, 15) is 4.79 Å². The van der Waals surface area contributed by atoms with Crippen molar-refractivity contribution in [2.45, 2.75) is 33.6 Å². The third kappa shape index (κ3) is 3.82. The minimum absolute atomic E-state index is 0.286. The van der Waals surface area contributed by atoms with E-state index < -0.39 is 0 Å². The van der Waals surface area contributed by atoms with Gasteiger partial charge in [0.25, 0.3) is 0 Å². The lowest BCUT2D eigenvalue weighted by atomic mass is 10.0. The number of likely N-dealkylation sites (N-methyl/N-ethyl adjacent to an activating group) is 1. The molecule has 0 aromatic rings. The molecule has 0 aromatic heterocycles. The van der Waals surface area contributed by atoms with Gasteiger partial charge in [0.15, 0.2) is 0 Å². The van der Waals surface area contributed by atoms with Gasteiger partial charge in [0.2, 0.25) is 5.91 Å². The molecule has 0 N–H and O–H groups in total. The van der Waals surface area contributed by atoms with Gasteiger partial charge in [-0.2, -0.15) is 0 Å². The first-order chi connectivity index (χ1) is 7.17. The van der Waals surface area contributed by atoms with Crippen molar-refractivity contribution in [2.75, 3.05) is 32.7 Å². The standard InChI is InChI=1S/C12H24N2O/c1-4-14(5-2)12(15)10-13-8-6-7-11(3)9-13/h11H,4-10H2,1-3H3/t11-/m0/s1. The Morgan fingerprint density at radius 2 is 2.07 bits per heavy atom. The van der Waals surface area contributed by atoms with E-state index >= 15 is 0 Å². The molecule has 3 heteroatoms. The molecule has 88 valence electrons. The number of hydrogen-bond donors (Lipinski definition) is 0. The summed E-state index contributed by atoms with van der Waals surface area (Å²) in [5.74, 6) is 1.04. The molecular formula is C12H24N2O. The molecule has 0 aliphatic carbocycles. The smallest absolute Gasteiger partial charge is 0.236 e. The van der Waals surface area contributed by atoms with Crippen LogP contribution in [-0.2, 0) is 4.79 Å². The molecule has 1 heterocycles. The van der Waals surface area contributed by atoms with Gasteiger partial charge in [-0.05, 0) is 39.2 Å². The van der Waals surface area contributed by atoms with Gasteiger partial charge >= 0.3 is 0 Å². The molecule has 1 saturated heterocycles. The fraction of sp³-hybridized carbons (Fsp3) is 0.917. The highest BCUT2D eigenvalue weighted by Crippen LogP contribution is 2.15. The van der Waals surface area contributed by atoms with Crippen LogP contribution >= 0.6 is 0 Å². The van der Waals surface area contributed by atoms with Gasteiger partial charge in [0.05, 0.1) is 6.54 Å². The summed E-state index contributed by atoms with van der Waals surface area (Å²) in [6, 6.07) is 0. The summed E-state index contributed by atoms with van der Waals surface area (Å²) < 4.78 is 0. The fourth-order valence-corrected chi connectivity index (χ4v) is 2.30. The molecular weight excluding hydrogens is 188 g/mol. The molecule has 1 atom stereocenters. The molecule has 1 amide bonds. The van der Waals surface area contributed by atoms with Gasteiger partial charge in [0, 0.05) is 19.6 Å². The maximum Gasteiger partial charge on any atom is 0.236 e. The number of piperidine rings is 1. The second kappa shape index (κ2) is 6.11. The van der Waals surface area contributed by atoms with E-state index in [1.807, 2.05) is 18.7 Å². The number of likely N-dealkylation sites (tertiary alicyclic amines) is 1. The van der Waals surface area contributed by atoms with Gasteiger partial charge in [-0.1, -0.05) is 6.92 Å². The van der Waals surface area contributed by atoms with Crippen LogP contribution in [-0.4, -0.2) is 48.4 Å². The Morgan fingerprint density at radius 1 is 1.40 bits per heavy atom. The summed E-state index contributed by atoms with van der Waals surface area (Å²) in [4.78, 5) is 16.1. The molecule has 0 aromatic carbocycles. The first kappa shape index (κ1) is 12.5. The molecule has 3 nitrogen and oxygen atoms in total. The number of hydrogen-bond acceptors (Lipinski definition) is 2. The Balaban J connectivity index is 2.36. The predicted octanol–water partition coefficient (Wildman–Crippen LogP) is 1.59. The number of nitrogens with zero attached hydrogens (tertiary/aromatic N) is 2. The van der Waals surface area contributed by atoms with Crippen molar-refractivity contribution in [1.82, 2.24) is 9.80 Å². The molecule has 0 saturated carbocycles. The maximum atomic E-state index is 11.9. The van der Waals surface area contributed by atoms with Crippen molar-refractivity contribution in [3.8, 4) is 0 Å². The van der Waals surface area contributed by atoms with Crippen molar-refractivity contribution in [3.05, 3.63) is 0 Å². The van der Waals surface area contributed by atoms with Gasteiger partial charge in [0.1, 0.15) is 0 Å². The molecule has 1 fully saturated rings. The van der Waals surface area contributed by atoms with Crippen molar-refractivity contribution in [2.24, 2.45) is 5.92 Å². The maximum absolute atomic E-state index is 11.9. The van der Waals surface area contributed by atoms with E-state index in [1.165, 1.54) is 12.8 Å². The second-order valence-corrected chi connectivity index (χ2v) is 4.55. The average Bonchev–Trinajstić information content (AvgIpc) is 2.19. The predicted molar refractivity (Wildman–Crippen MR) is 62.8 cm³/mol. The molecule has 1 rings (SSSR count). The Kier molecular flexibility index (Phi) is 5.09. The first-order valence-electron chi connectivity index (χ1n) is 6.17. The monoisotopic (exact) mass is 212 g/mol. The number of carbonyl (C=O) groups is 1. The molecule has 0 spiro atoms. The van der Waals surface area contributed by atoms with E-state index in [1.54, 1.807) is 0 Å². The van der Waals surface area contributed by atoms with Gasteiger partial charge in [-0.25, -0.2) is 0 Å². The lowest BCUT2D eigenvalue weighted by Gasteiger charge is -2.31. The summed E-state index contributed by atoms with van der Waals surface area (Å²) in [5.41, 5.74) is 0. The molecule has 15 heavy (non-hydrogen) atoms. The van der Waals surface area contributed by atoms with Crippen molar-refractivity contribution < 1.29 is 4.79 Å². The highest BCUT2D eigenvalue weighted by molar-refractivity contribution is 5.78. The van der Waals surface area contributed by atoms with E-state index in [0.717, 1.165) is 32.1 Å². The van der Waals surface area contributed by atoms with Crippen LogP contribution in [0, 0.1) is 5.92 Å². The average molecular weight is 212 g/mol. The minimum atomic E-state index is 0.286. The van der Waals surface area contributed by atoms with Gasteiger partial charge < -0.3 is 4.90 Å². The Labute approximate surface area is 93.4 Å². The van der Waals surface area contributed by atoms with E-state index in [2.05, 4.69) is 11.8 Å². The number of amides is 1. The van der Waals surface area contributed by atoms with E-state index in [-0.39, 0.29) is 5.91 Å². The zero-order valence-electron chi connectivity index (χ0n) is 10.3. The topological polar surface area (TPSA) is 23.6 Å². The van der Waals surface area contributed by atoms with E-state index in [0.29, 0.717) is 6.54 Å². The zero-order valence-corrected chi connectivity index (χ0v) is 10.3. The molecule has 0 radical (unpaired) electrons. The summed E-state index contributed by atoms with van der Waals surface area (Å²) in [5, 5.41) is 0. The van der Waals surface area contributed by atoms with Crippen LogP contribution < -0.4 is 0 Å². The highest BCUT2D eigenvalue weighted by atomic mass is 16.2. The third-order valence-corrected chi connectivity index (χ3v) is 3.22. The van der Waals surface area contributed by atoms with Crippen molar-refractivity contribution in [3.63, 3.8) is 0 Å². The van der Waals surface area contributed by atoms with Crippen LogP contribution in [0.2, 0.25) is 0 Å². The lowest BCUT2D eigenvalue weighted by Crippen LogP contribution is -2.43. The summed E-state index contributed by atoms with van der Waals surface area (Å²) in [7, 11) is 0. The van der Waals surface area contributed by atoms with Crippen LogP contribution in [0.15, 0.2) is 0 Å². The lowest BCUT2D eigenvalue weighted by molar-refractivity contribution is -0.132. The first-order valence-corrected chi connectivity index (χ1v) is 6.17. The van der Waals surface area contributed by atoms with Crippen molar-refractivity contribution in [1.29, 1.82) is 0 Å². The fourth-order valence-electron chi connectivity index (χ4n) is 2.30. The normalized spacial score (nSPS) is 22.7. The van der Waals surface area contributed by atoms with Crippen LogP contribution in [0.4, 0.5) is 0 Å². The Bertz CT molecular complexity index is 202. The summed E-state index contributed by atoms with van der Waals surface area (Å²) in [6.45, 7) is 10.8. The second-order valence-electron chi connectivity index (χ2n) is 4.55. The van der Waals surface area contributed by atoms with E-state index in [4.69, 9.17) is 0 Å². The third-order valence-electron chi connectivity index (χ3n) is 3.22. The summed E-state index contributed by atoms with van der Waals surface area (Å²) >= 11 is 0. The molecule has 0 bridgehead atoms. The Hall–Kier alpha value is -0.570. The molecule has 1 aliphatic rings. The van der Waals surface area contributed by atoms with Crippen LogP contribution in [0.3, 0.4) is 0 Å². The quantitative estimate of drug-likeness (QED) is 0.706. The Morgan fingerprint density at radius 3 is 2.60 bits per heavy atom. The minimum Gasteiger partial charge on any atom is -0.342 e. The number of rotatable bonds is 4. The van der Waals surface area contributed by atoms with Crippen LogP contribution in [0.25, 0.3) is 0 Å². The molecule has 1 aliphatic heterocycles.